The molecule has 31 heavy (non-hydrogen) atoms. The Bertz CT molecular complexity index is 1110. The third-order valence-corrected chi connectivity index (χ3v) is 5.72. The SMILES string of the molecule is CS(=O)(=O)N(Cc1ccc(Cl)cc1)c1ccc(OCC(=O)NCc2ccccn2)cc1. The summed E-state index contributed by atoms with van der Waals surface area (Å²) in [5.74, 6) is 0.173. The monoisotopic (exact) mass is 459 g/mol. The van der Waals surface area contributed by atoms with Gasteiger partial charge in [0.05, 0.1) is 30.7 Å². The smallest absolute Gasteiger partial charge is 0.258 e. The molecular weight excluding hydrogens is 438 g/mol. The molecule has 0 saturated heterocycles. The molecule has 162 valence electrons. The van der Waals surface area contributed by atoms with Gasteiger partial charge >= 0.3 is 0 Å². The van der Waals surface area contributed by atoms with E-state index < -0.39 is 10.0 Å². The molecule has 1 aromatic heterocycles. The lowest BCUT2D eigenvalue weighted by molar-refractivity contribution is -0.123. The van der Waals surface area contributed by atoms with Gasteiger partial charge in [0.2, 0.25) is 10.0 Å². The van der Waals surface area contributed by atoms with Gasteiger partial charge in [0.25, 0.3) is 5.91 Å². The molecule has 0 spiro atoms. The maximum absolute atomic E-state index is 12.3. The molecule has 1 amide bonds. The van der Waals surface area contributed by atoms with E-state index in [1.54, 1.807) is 60.8 Å². The van der Waals surface area contributed by atoms with Gasteiger partial charge in [-0.25, -0.2) is 8.42 Å². The van der Waals surface area contributed by atoms with E-state index in [9.17, 15) is 13.2 Å². The van der Waals surface area contributed by atoms with Gasteiger partial charge in [0.15, 0.2) is 6.61 Å². The molecule has 0 aliphatic carbocycles. The Hall–Kier alpha value is -3.10. The summed E-state index contributed by atoms with van der Waals surface area (Å²) in [5.41, 5.74) is 2.05. The van der Waals surface area contributed by atoms with Crippen LogP contribution in [0.4, 0.5) is 5.69 Å². The molecule has 1 heterocycles. The molecule has 0 bridgehead atoms. The number of hydrogen-bond acceptors (Lipinski definition) is 5. The van der Waals surface area contributed by atoms with Crippen molar-refractivity contribution in [2.45, 2.75) is 13.1 Å². The lowest BCUT2D eigenvalue weighted by atomic mass is 10.2. The van der Waals surface area contributed by atoms with Crippen molar-refractivity contribution in [2.75, 3.05) is 17.2 Å². The molecule has 0 atom stereocenters. The Morgan fingerprint density at radius 1 is 1.06 bits per heavy atom. The molecular formula is C22H22ClN3O4S. The maximum atomic E-state index is 12.3. The Kier molecular flexibility index (Phi) is 7.49. The first kappa shape index (κ1) is 22.6. The number of halogens is 1. The minimum atomic E-state index is -3.51. The summed E-state index contributed by atoms with van der Waals surface area (Å²) < 4.78 is 31.4. The summed E-state index contributed by atoms with van der Waals surface area (Å²) in [6.07, 6.45) is 2.81. The molecule has 0 aliphatic rings. The summed E-state index contributed by atoms with van der Waals surface area (Å²) >= 11 is 5.90. The standard InChI is InChI=1S/C22H22ClN3O4S/c1-31(28,29)26(15-17-5-7-18(23)8-6-17)20-9-11-21(12-10-20)30-16-22(27)25-14-19-4-2-3-13-24-19/h2-13H,14-16H2,1H3,(H,25,27). The van der Waals surface area contributed by atoms with E-state index in [2.05, 4.69) is 10.3 Å². The van der Waals surface area contributed by atoms with Gasteiger partial charge in [-0.05, 0) is 54.1 Å². The number of sulfonamides is 1. The second kappa shape index (κ2) is 10.3. The number of aromatic nitrogens is 1. The summed E-state index contributed by atoms with van der Waals surface area (Å²) in [6.45, 7) is 0.328. The average molecular weight is 460 g/mol. The van der Waals surface area contributed by atoms with Crippen LogP contribution in [0.3, 0.4) is 0 Å². The van der Waals surface area contributed by atoms with E-state index in [0.29, 0.717) is 23.0 Å². The molecule has 9 heteroatoms. The van der Waals surface area contributed by atoms with Crippen LogP contribution in [0.2, 0.25) is 5.02 Å². The zero-order chi connectivity index (χ0) is 22.3. The predicted molar refractivity (Wildman–Crippen MR) is 120 cm³/mol. The molecule has 3 aromatic rings. The molecule has 0 radical (unpaired) electrons. The molecule has 3 rings (SSSR count). The number of rotatable bonds is 9. The predicted octanol–water partition coefficient (Wildman–Crippen LogP) is 3.40. The van der Waals surface area contributed by atoms with Gasteiger partial charge < -0.3 is 10.1 Å². The van der Waals surface area contributed by atoms with Gasteiger partial charge in [-0.15, -0.1) is 0 Å². The van der Waals surface area contributed by atoms with Gasteiger partial charge in [-0.1, -0.05) is 29.8 Å². The number of carbonyl (C=O) groups excluding carboxylic acids is 1. The maximum Gasteiger partial charge on any atom is 0.258 e. The molecule has 0 saturated carbocycles. The number of nitrogens with one attached hydrogen (secondary N) is 1. The molecule has 1 N–H and O–H groups in total. The third kappa shape index (κ3) is 6.97. The van der Waals surface area contributed by atoms with Crippen molar-refractivity contribution in [3.8, 4) is 5.75 Å². The van der Waals surface area contributed by atoms with Crippen LogP contribution in [0.1, 0.15) is 11.3 Å². The molecule has 2 aromatic carbocycles. The highest BCUT2D eigenvalue weighted by Crippen LogP contribution is 2.24. The highest BCUT2D eigenvalue weighted by molar-refractivity contribution is 7.92. The fourth-order valence-corrected chi connectivity index (χ4v) is 3.77. The number of ether oxygens (including phenoxy) is 1. The van der Waals surface area contributed by atoms with Crippen molar-refractivity contribution < 1.29 is 17.9 Å². The Balaban J connectivity index is 1.59. The zero-order valence-electron chi connectivity index (χ0n) is 16.9. The van der Waals surface area contributed by atoms with Crippen molar-refractivity contribution in [3.05, 3.63) is 89.2 Å². The number of amides is 1. The largest absolute Gasteiger partial charge is 0.484 e. The van der Waals surface area contributed by atoms with E-state index in [1.807, 2.05) is 12.1 Å². The second-order valence-electron chi connectivity index (χ2n) is 6.78. The van der Waals surface area contributed by atoms with Crippen LogP contribution in [0, 0.1) is 0 Å². The Morgan fingerprint density at radius 3 is 2.39 bits per heavy atom. The van der Waals surface area contributed by atoms with Gasteiger partial charge in [-0.2, -0.15) is 0 Å². The fourth-order valence-electron chi connectivity index (χ4n) is 2.76. The van der Waals surface area contributed by atoms with Gasteiger partial charge in [0.1, 0.15) is 5.75 Å². The summed E-state index contributed by atoms with van der Waals surface area (Å²) in [7, 11) is -3.51. The first-order valence-corrected chi connectivity index (χ1v) is 11.7. The number of carbonyl (C=O) groups is 1. The van der Waals surface area contributed by atoms with E-state index in [4.69, 9.17) is 16.3 Å². The average Bonchev–Trinajstić information content (AvgIpc) is 2.76. The van der Waals surface area contributed by atoms with Crippen LogP contribution in [-0.4, -0.2) is 32.2 Å². The number of hydrogen-bond donors (Lipinski definition) is 1. The number of pyridine rings is 1. The number of anilines is 1. The highest BCUT2D eigenvalue weighted by atomic mass is 35.5. The topological polar surface area (TPSA) is 88.6 Å². The van der Waals surface area contributed by atoms with E-state index in [1.165, 1.54) is 4.31 Å². The highest BCUT2D eigenvalue weighted by Gasteiger charge is 2.18. The summed E-state index contributed by atoms with van der Waals surface area (Å²) in [5, 5.41) is 3.31. The van der Waals surface area contributed by atoms with Crippen molar-refractivity contribution in [1.82, 2.24) is 10.3 Å². The van der Waals surface area contributed by atoms with Crippen molar-refractivity contribution in [2.24, 2.45) is 0 Å². The fraction of sp³-hybridized carbons (Fsp3) is 0.182. The molecule has 7 nitrogen and oxygen atoms in total. The second-order valence-corrected chi connectivity index (χ2v) is 9.12. The first-order valence-electron chi connectivity index (χ1n) is 9.43. The normalized spacial score (nSPS) is 11.0. The van der Waals surface area contributed by atoms with Gasteiger partial charge in [0, 0.05) is 11.2 Å². The van der Waals surface area contributed by atoms with E-state index in [-0.39, 0.29) is 19.1 Å². The zero-order valence-corrected chi connectivity index (χ0v) is 18.4. The molecule has 0 aliphatic heterocycles. The molecule has 0 unspecified atom stereocenters. The van der Waals surface area contributed by atoms with Crippen molar-refractivity contribution in [3.63, 3.8) is 0 Å². The van der Waals surface area contributed by atoms with Gasteiger partial charge in [-0.3, -0.25) is 14.1 Å². The Labute approximate surface area is 186 Å². The Morgan fingerprint density at radius 2 is 1.77 bits per heavy atom. The minimum Gasteiger partial charge on any atom is -0.484 e. The lowest BCUT2D eigenvalue weighted by Gasteiger charge is -2.23. The quantitative estimate of drug-likeness (QED) is 0.529. The van der Waals surface area contributed by atoms with Crippen LogP contribution >= 0.6 is 11.6 Å². The molecule has 0 fully saturated rings. The van der Waals surface area contributed by atoms with Crippen molar-refractivity contribution >= 4 is 33.2 Å². The number of nitrogens with zero attached hydrogens (tertiary/aromatic N) is 2. The number of benzene rings is 2. The third-order valence-electron chi connectivity index (χ3n) is 4.33. The van der Waals surface area contributed by atoms with Crippen LogP contribution in [0.15, 0.2) is 72.9 Å². The van der Waals surface area contributed by atoms with Crippen LogP contribution < -0.4 is 14.4 Å². The lowest BCUT2D eigenvalue weighted by Crippen LogP contribution is -2.29. The van der Waals surface area contributed by atoms with E-state index >= 15 is 0 Å². The first-order chi connectivity index (χ1) is 14.8. The minimum absolute atomic E-state index is 0.160. The summed E-state index contributed by atoms with van der Waals surface area (Å²) in [4.78, 5) is 16.1. The van der Waals surface area contributed by atoms with Crippen LogP contribution in [-0.2, 0) is 27.9 Å². The summed E-state index contributed by atoms with van der Waals surface area (Å²) in [6, 6.07) is 19.0. The van der Waals surface area contributed by atoms with E-state index in [0.717, 1.165) is 17.5 Å². The van der Waals surface area contributed by atoms with Crippen LogP contribution in [0.5, 0.6) is 5.75 Å². The van der Waals surface area contributed by atoms with Crippen LogP contribution in [0.25, 0.3) is 0 Å². The van der Waals surface area contributed by atoms with Crippen molar-refractivity contribution in [1.29, 1.82) is 0 Å².